The summed E-state index contributed by atoms with van der Waals surface area (Å²) in [5, 5.41) is 0. The van der Waals surface area contributed by atoms with Crippen LogP contribution in [0.5, 0.6) is 0 Å². The fraction of sp³-hybridized carbons (Fsp3) is 0.440. The van der Waals surface area contributed by atoms with Crippen molar-refractivity contribution >= 4 is 11.9 Å². The van der Waals surface area contributed by atoms with Crippen molar-refractivity contribution < 1.29 is 23.8 Å². The van der Waals surface area contributed by atoms with E-state index in [1.54, 1.807) is 0 Å². The Hall–Kier alpha value is -2.70. The molecule has 6 nitrogen and oxygen atoms in total. The van der Waals surface area contributed by atoms with E-state index in [2.05, 4.69) is 0 Å². The number of amides is 1. The predicted octanol–water partition coefficient (Wildman–Crippen LogP) is 4.61. The lowest BCUT2D eigenvalue weighted by atomic mass is 10.1. The van der Waals surface area contributed by atoms with Gasteiger partial charge in [-0.3, -0.25) is 9.69 Å². The molecule has 2 fully saturated rings. The highest BCUT2D eigenvalue weighted by atomic mass is 16.6. The minimum absolute atomic E-state index is 0.00297. The molecule has 2 aliphatic heterocycles. The van der Waals surface area contributed by atoms with Crippen molar-refractivity contribution in [2.24, 2.45) is 0 Å². The Labute approximate surface area is 185 Å². The summed E-state index contributed by atoms with van der Waals surface area (Å²) in [6, 6.07) is 18.6. The van der Waals surface area contributed by atoms with E-state index in [0.29, 0.717) is 6.61 Å². The average Bonchev–Trinajstić information content (AvgIpc) is 3.41. The molecule has 2 saturated heterocycles. The Bertz CT molecular complexity index is 796. The van der Waals surface area contributed by atoms with E-state index >= 15 is 0 Å². The van der Waals surface area contributed by atoms with Crippen molar-refractivity contribution in [2.75, 3.05) is 13.2 Å². The number of carbonyl (C=O) groups excluding carboxylic acids is 2. The van der Waals surface area contributed by atoms with E-state index < -0.39 is 18.2 Å². The molecule has 31 heavy (non-hydrogen) atoms. The van der Waals surface area contributed by atoms with Gasteiger partial charge in [-0.25, -0.2) is 4.79 Å². The van der Waals surface area contributed by atoms with Crippen molar-refractivity contribution in [3.63, 3.8) is 0 Å². The molecule has 168 valence electrons. The van der Waals surface area contributed by atoms with Crippen LogP contribution in [0.4, 0.5) is 4.79 Å². The Morgan fingerprint density at radius 2 is 1.48 bits per heavy atom. The molecule has 2 aromatic carbocycles. The third-order valence-corrected chi connectivity index (χ3v) is 4.88. The van der Waals surface area contributed by atoms with Gasteiger partial charge in [0.2, 0.25) is 0 Å². The molecular formula is C25H33NO5. The topological polar surface area (TPSA) is 65.1 Å². The highest BCUT2D eigenvalue weighted by molar-refractivity contribution is 5.91. The molecule has 0 saturated carbocycles. The number of hydrogen-bond donors (Lipinski definition) is 0. The third-order valence-electron chi connectivity index (χ3n) is 4.88. The van der Waals surface area contributed by atoms with Gasteiger partial charge in [0.25, 0.3) is 0 Å². The number of nitrogens with zero attached hydrogens (tertiary/aromatic N) is 1. The Morgan fingerprint density at radius 1 is 0.935 bits per heavy atom. The number of carbonyl (C=O) groups is 2. The van der Waals surface area contributed by atoms with Crippen LogP contribution in [0.1, 0.15) is 38.8 Å². The molecule has 0 radical (unpaired) electrons. The minimum Gasteiger partial charge on any atom is -0.445 e. The molecule has 0 aliphatic carbocycles. The molecule has 0 bridgehead atoms. The highest BCUT2D eigenvalue weighted by Crippen LogP contribution is 2.30. The summed E-state index contributed by atoms with van der Waals surface area (Å²) in [7, 11) is 0. The molecule has 3 atom stereocenters. The zero-order chi connectivity index (χ0) is 22.6. The number of Topliss-reactive ketones (excluding diaryl/α,β-unsaturated/α-hetero) is 1. The zero-order valence-electron chi connectivity index (χ0n) is 18.8. The van der Waals surface area contributed by atoms with Gasteiger partial charge in [-0.05, 0) is 11.1 Å². The lowest BCUT2D eigenvalue weighted by Gasteiger charge is -2.20. The van der Waals surface area contributed by atoms with Crippen LogP contribution >= 0.6 is 0 Å². The maximum absolute atomic E-state index is 12.6. The smallest absolute Gasteiger partial charge is 0.410 e. The van der Waals surface area contributed by atoms with Crippen LogP contribution < -0.4 is 0 Å². The van der Waals surface area contributed by atoms with Crippen LogP contribution in [-0.2, 0) is 32.2 Å². The summed E-state index contributed by atoms with van der Waals surface area (Å²) in [6.07, 6.45) is -1.31. The van der Waals surface area contributed by atoms with Gasteiger partial charge in [0.15, 0.2) is 5.78 Å². The molecule has 1 unspecified atom stereocenters. The predicted molar refractivity (Wildman–Crippen MR) is 120 cm³/mol. The van der Waals surface area contributed by atoms with E-state index in [1.807, 2.05) is 88.4 Å². The fourth-order valence-corrected chi connectivity index (χ4v) is 3.53. The molecule has 0 spiro atoms. The third kappa shape index (κ3) is 6.39. The molecule has 0 N–H and O–H groups in total. The van der Waals surface area contributed by atoms with Gasteiger partial charge in [-0.1, -0.05) is 88.4 Å². The number of hydrogen-bond acceptors (Lipinski definition) is 5. The van der Waals surface area contributed by atoms with Crippen LogP contribution in [0.2, 0.25) is 0 Å². The average molecular weight is 428 g/mol. The van der Waals surface area contributed by atoms with E-state index in [0.717, 1.165) is 11.1 Å². The fourth-order valence-electron chi connectivity index (χ4n) is 3.53. The zero-order valence-corrected chi connectivity index (χ0v) is 18.8. The van der Waals surface area contributed by atoms with Gasteiger partial charge >= 0.3 is 6.09 Å². The lowest BCUT2D eigenvalue weighted by molar-refractivity contribution is -0.121. The maximum Gasteiger partial charge on any atom is 0.410 e. The van der Waals surface area contributed by atoms with Crippen LogP contribution in [0.25, 0.3) is 0 Å². The first-order valence-electron chi connectivity index (χ1n) is 11.0. The first-order valence-corrected chi connectivity index (χ1v) is 11.0. The number of fused-ring (bicyclic) bond motifs is 1. The van der Waals surface area contributed by atoms with Crippen LogP contribution in [0.3, 0.4) is 0 Å². The first-order chi connectivity index (χ1) is 15.2. The summed E-state index contributed by atoms with van der Waals surface area (Å²) >= 11 is 0. The molecule has 0 aromatic heterocycles. The Balaban J connectivity index is 0.000000807. The first kappa shape index (κ1) is 24.6. The van der Waals surface area contributed by atoms with E-state index in [-0.39, 0.29) is 31.6 Å². The summed E-state index contributed by atoms with van der Waals surface area (Å²) < 4.78 is 17.0. The summed E-state index contributed by atoms with van der Waals surface area (Å²) in [4.78, 5) is 26.2. The van der Waals surface area contributed by atoms with Gasteiger partial charge in [0.05, 0.1) is 13.2 Å². The van der Waals surface area contributed by atoms with Crippen LogP contribution in [0.15, 0.2) is 60.7 Å². The second-order valence-corrected chi connectivity index (χ2v) is 6.71. The number of ketones is 1. The summed E-state index contributed by atoms with van der Waals surface area (Å²) in [6.45, 7) is 8.85. The largest absolute Gasteiger partial charge is 0.445 e. The second kappa shape index (κ2) is 12.9. The molecule has 2 heterocycles. The monoisotopic (exact) mass is 427 g/mol. The SMILES string of the molecule is CC.CC.O=C1CO[C@@H]2C(OCc3ccccc3)CN(C(=O)OCc3ccccc3)[C@H]12. The molecule has 4 rings (SSSR count). The molecule has 2 aromatic rings. The van der Waals surface area contributed by atoms with E-state index in [9.17, 15) is 9.59 Å². The van der Waals surface area contributed by atoms with E-state index in [1.165, 1.54) is 4.90 Å². The molecule has 2 aliphatic rings. The van der Waals surface area contributed by atoms with Crippen molar-refractivity contribution in [2.45, 2.75) is 59.2 Å². The minimum atomic E-state index is -0.631. The normalized spacial score (nSPS) is 21.4. The van der Waals surface area contributed by atoms with Crippen LogP contribution in [-0.4, -0.2) is 48.2 Å². The highest BCUT2D eigenvalue weighted by Gasteiger charge is 2.53. The number of ether oxygens (including phenoxy) is 3. The van der Waals surface area contributed by atoms with E-state index in [4.69, 9.17) is 14.2 Å². The number of likely N-dealkylation sites (tertiary alicyclic amines) is 1. The second-order valence-electron chi connectivity index (χ2n) is 6.71. The van der Waals surface area contributed by atoms with Crippen molar-refractivity contribution in [3.8, 4) is 0 Å². The lowest BCUT2D eigenvalue weighted by Crippen LogP contribution is -2.42. The number of rotatable bonds is 5. The number of benzene rings is 2. The molecular weight excluding hydrogens is 394 g/mol. The van der Waals surface area contributed by atoms with Crippen LogP contribution in [0, 0.1) is 0 Å². The summed E-state index contributed by atoms with van der Waals surface area (Å²) in [5.74, 6) is -0.109. The summed E-state index contributed by atoms with van der Waals surface area (Å²) in [5.41, 5.74) is 1.93. The Morgan fingerprint density at radius 3 is 2.06 bits per heavy atom. The molecule has 1 amide bonds. The van der Waals surface area contributed by atoms with Gasteiger partial charge in [-0.15, -0.1) is 0 Å². The van der Waals surface area contributed by atoms with Gasteiger partial charge in [-0.2, -0.15) is 0 Å². The standard InChI is InChI=1S/C21H21NO5.2C2H6/c23-17-14-26-20-18(25-12-15-7-3-1-4-8-15)11-22(19(17)20)21(24)27-13-16-9-5-2-6-10-16;2*1-2/h1-10,18-20H,11-14H2;2*1-2H3/t18?,19-,20-;;/m1../s1. The van der Waals surface area contributed by atoms with Gasteiger partial charge in [0.1, 0.15) is 31.5 Å². The van der Waals surface area contributed by atoms with Gasteiger partial charge in [0, 0.05) is 0 Å². The quantitative estimate of drug-likeness (QED) is 0.697. The Kier molecular flexibility index (Phi) is 10.2. The van der Waals surface area contributed by atoms with Crippen molar-refractivity contribution in [1.29, 1.82) is 0 Å². The molecule has 6 heteroatoms. The van der Waals surface area contributed by atoms with Gasteiger partial charge < -0.3 is 14.2 Å². The van der Waals surface area contributed by atoms with Crippen molar-refractivity contribution in [3.05, 3.63) is 71.8 Å². The van der Waals surface area contributed by atoms with Crippen molar-refractivity contribution in [1.82, 2.24) is 4.90 Å². The maximum atomic E-state index is 12.6.